The average Bonchev–Trinajstić information content (AvgIpc) is 2.99. The smallest absolute Gasteiger partial charge is 0.254 e. The third-order valence-electron chi connectivity index (χ3n) is 2.89. The third-order valence-corrected chi connectivity index (χ3v) is 3.47. The fourth-order valence-electron chi connectivity index (χ4n) is 1.73. The molecule has 0 aromatic carbocycles. The maximum absolute atomic E-state index is 12.1. The van der Waals surface area contributed by atoms with Gasteiger partial charge >= 0.3 is 0 Å². The number of amides is 1. The molecule has 0 spiro atoms. The number of carbonyl (C=O) groups is 1. The number of thioether (sulfide) groups is 1. The zero-order valence-corrected chi connectivity index (χ0v) is 12.3. The fraction of sp³-hybridized carbons (Fsp3) is 0.385. The Kier molecular flexibility index (Phi) is 5.11. The van der Waals surface area contributed by atoms with Crippen LogP contribution in [-0.2, 0) is 6.54 Å². The van der Waals surface area contributed by atoms with Gasteiger partial charge in [-0.25, -0.2) is 15.0 Å². The highest BCUT2D eigenvalue weighted by atomic mass is 32.2. The molecule has 2 aromatic rings. The van der Waals surface area contributed by atoms with E-state index in [4.69, 9.17) is 0 Å². The van der Waals surface area contributed by atoms with E-state index in [9.17, 15) is 4.79 Å². The van der Waals surface area contributed by atoms with Crippen LogP contribution in [0.3, 0.4) is 0 Å². The summed E-state index contributed by atoms with van der Waals surface area (Å²) in [5.41, 5.74) is 0.479. The summed E-state index contributed by atoms with van der Waals surface area (Å²) in [6, 6.07) is 0.0527. The Morgan fingerprint density at radius 3 is 2.75 bits per heavy atom. The molecule has 0 aliphatic rings. The second-order valence-electron chi connectivity index (χ2n) is 4.30. The first-order valence-corrected chi connectivity index (χ1v) is 7.58. The molecule has 1 atom stereocenters. The monoisotopic (exact) mass is 291 g/mol. The van der Waals surface area contributed by atoms with E-state index in [2.05, 4.69) is 20.3 Å². The molecule has 0 radical (unpaired) electrons. The van der Waals surface area contributed by atoms with Crippen LogP contribution in [0.5, 0.6) is 0 Å². The Morgan fingerprint density at radius 1 is 1.45 bits per heavy atom. The number of hydrogen-bond acceptors (Lipinski definition) is 5. The van der Waals surface area contributed by atoms with Crippen molar-refractivity contribution < 1.29 is 4.79 Å². The molecule has 0 aliphatic carbocycles. The van der Waals surface area contributed by atoms with Crippen molar-refractivity contribution in [1.82, 2.24) is 24.8 Å². The molecule has 0 bridgehead atoms. The van der Waals surface area contributed by atoms with Gasteiger partial charge in [-0.3, -0.25) is 4.79 Å². The van der Waals surface area contributed by atoms with Crippen molar-refractivity contribution in [1.29, 1.82) is 0 Å². The summed E-state index contributed by atoms with van der Waals surface area (Å²) in [6.45, 7) is 2.74. The van der Waals surface area contributed by atoms with Gasteiger partial charge in [-0.05, 0) is 12.7 Å². The summed E-state index contributed by atoms with van der Waals surface area (Å²) in [7, 11) is 0. The molecule has 1 unspecified atom stereocenters. The molecule has 20 heavy (non-hydrogen) atoms. The molecule has 6 nitrogen and oxygen atoms in total. The maximum Gasteiger partial charge on any atom is 0.254 e. The van der Waals surface area contributed by atoms with Gasteiger partial charge in [-0.2, -0.15) is 0 Å². The molecular formula is C13H17N5OS. The number of rotatable bonds is 6. The minimum atomic E-state index is -0.149. The highest BCUT2D eigenvalue weighted by molar-refractivity contribution is 7.98. The highest BCUT2D eigenvalue weighted by Gasteiger charge is 2.13. The number of nitrogens with one attached hydrogen (secondary N) is 1. The molecule has 2 aromatic heterocycles. The number of carbonyl (C=O) groups excluding carboxylic acids is 1. The third kappa shape index (κ3) is 3.80. The first-order chi connectivity index (χ1) is 9.72. The van der Waals surface area contributed by atoms with Gasteiger partial charge in [0.15, 0.2) is 5.16 Å². The van der Waals surface area contributed by atoms with Crippen molar-refractivity contribution in [3.05, 3.63) is 36.7 Å². The molecule has 0 fully saturated rings. The molecule has 0 saturated heterocycles. The maximum atomic E-state index is 12.1. The molecule has 0 aliphatic heterocycles. The van der Waals surface area contributed by atoms with E-state index in [0.29, 0.717) is 17.3 Å². The van der Waals surface area contributed by atoms with Gasteiger partial charge in [0.2, 0.25) is 0 Å². The van der Waals surface area contributed by atoms with E-state index in [1.807, 2.05) is 23.9 Å². The van der Waals surface area contributed by atoms with Crippen LogP contribution in [-0.4, -0.2) is 37.7 Å². The first-order valence-electron chi connectivity index (χ1n) is 6.35. The van der Waals surface area contributed by atoms with E-state index in [0.717, 1.165) is 6.42 Å². The van der Waals surface area contributed by atoms with E-state index >= 15 is 0 Å². The zero-order valence-electron chi connectivity index (χ0n) is 11.5. The second-order valence-corrected chi connectivity index (χ2v) is 5.07. The van der Waals surface area contributed by atoms with Crippen LogP contribution < -0.4 is 5.32 Å². The van der Waals surface area contributed by atoms with Crippen LogP contribution in [0.1, 0.15) is 23.7 Å². The van der Waals surface area contributed by atoms with Gasteiger partial charge < -0.3 is 9.88 Å². The quantitative estimate of drug-likeness (QED) is 0.646. The Hall–Kier alpha value is -1.89. The number of hydrogen-bond donors (Lipinski definition) is 1. The van der Waals surface area contributed by atoms with Gasteiger partial charge in [-0.15, -0.1) is 0 Å². The molecule has 7 heteroatoms. The molecular weight excluding hydrogens is 274 g/mol. The van der Waals surface area contributed by atoms with Crippen LogP contribution in [0.15, 0.2) is 36.3 Å². The summed E-state index contributed by atoms with van der Waals surface area (Å²) in [6.07, 6.45) is 11.2. The fourth-order valence-corrected chi connectivity index (χ4v) is 2.05. The van der Waals surface area contributed by atoms with Gasteiger partial charge in [-0.1, -0.05) is 18.7 Å². The Labute approximate surface area is 122 Å². The molecule has 2 rings (SSSR count). The minimum Gasteiger partial charge on any atom is -0.347 e. The summed E-state index contributed by atoms with van der Waals surface area (Å²) < 4.78 is 1.95. The van der Waals surface area contributed by atoms with E-state index < -0.39 is 0 Å². The molecule has 1 amide bonds. The van der Waals surface area contributed by atoms with Crippen molar-refractivity contribution in [2.75, 3.05) is 6.26 Å². The van der Waals surface area contributed by atoms with Gasteiger partial charge in [0.25, 0.3) is 5.91 Å². The van der Waals surface area contributed by atoms with E-state index in [-0.39, 0.29) is 11.9 Å². The molecule has 0 saturated carbocycles. The van der Waals surface area contributed by atoms with Crippen molar-refractivity contribution >= 4 is 17.7 Å². The van der Waals surface area contributed by atoms with Crippen molar-refractivity contribution in [2.45, 2.75) is 31.1 Å². The van der Waals surface area contributed by atoms with E-state index in [1.165, 1.54) is 11.8 Å². The number of nitrogens with zero attached hydrogens (tertiary/aromatic N) is 4. The largest absolute Gasteiger partial charge is 0.347 e. The van der Waals surface area contributed by atoms with Crippen LogP contribution in [0, 0.1) is 0 Å². The van der Waals surface area contributed by atoms with Crippen LogP contribution in [0.4, 0.5) is 0 Å². The summed E-state index contributed by atoms with van der Waals surface area (Å²) in [4.78, 5) is 24.3. The van der Waals surface area contributed by atoms with Gasteiger partial charge in [0.1, 0.15) is 0 Å². The Bertz CT molecular complexity index is 540. The molecule has 106 valence electrons. The van der Waals surface area contributed by atoms with Crippen LogP contribution >= 0.6 is 11.8 Å². The summed E-state index contributed by atoms with van der Waals surface area (Å²) in [5.74, 6) is -0.149. The van der Waals surface area contributed by atoms with Crippen molar-refractivity contribution in [3.8, 4) is 0 Å². The summed E-state index contributed by atoms with van der Waals surface area (Å²) >= 11 is 1.45. The standard InChI is InChI=1S/C13H17N5OS/c1-3-11(8-18-5-4-14-9-18)17-12(19)10-6-15-13(20-2)16-7-10/h4-7,9,11H,3,8H2,1-2H3,(H,17,19). The van der Waals surface area contributed by atoms with Crippen molar-refractivity contribution in [3.63, 3.8) is 0 Å². The lowest BCUT2D eigenvalue weighted by Crippen LogP contribution is -2.37. The summed E-state index contributed by atoms with van der Waals surface area (Å²) in [5, 5.41) is 3.64. The topological polar surface area (TPSA) is 72.7 Å². The lowest BCUT2D eigenvalue weighted by molar-refractivity contribution is 0.0931. The Morgan fingerprint density at radius 2 is 2.20 bits per heavy atom. The van der Waals surface area contributed by atoms with Crippen LogP contribution in [0.2, 0.25) is 0 Å². The number of aromatic nitrogens is 4. The molecule has 2 heterocycles. The second kappa shape index (κ2) is 7.04. The predicted molar refractivity (Wildman–Crippen MR) is 77.6 cm³/mol. The first kappa shape index (κ1) is 14.5. The lowest BCUT2D eigenvalue weighted by atomic mass is 10.2. The van der Waals surface area contributed by atoms with Gasteiger partial charge in [0, 0.05) is 37.4 Å². The number of imidazole rings is 1. The highest BCUT2D eigenvalue weighted by Crippen LogP contribution is 2.07. The zero-order chi connectivity index (χ0) is 14.4. The van der Waals surface area contributed by atoms with Gasteiger partial charge in [0.05, 0.1) is 11.9 Å². The lowest BCUT2D eigenvalue weighted by Gasteiger charge is -2.17. The van der Waals surface area contributed by atoms with Crippen molar-refractivity contribution in [2.24, 2.45) is 0 Å². The Balaban J connectivity index is 1.97. The normalized spacial score (nSPS) is 12.1. The average molecular weight is 291 g/mol. The predicted octanol–water partition coefficient (Wildman–Crippen LogP) is 1.60. The molecule has 1 N–H and O–H groups in total. The minimum absolute atomic E-state index is 0.0527. The van der Waals surface area contributed by atoms with E-state index in [1.54, 1.807) is 24.9 Å². The van der Waals surface area contributed by atoms with Crippen LogP contribution in [0.25, 0.3) is 0 Å². The SMILES string of the molecule is CCC(Cn1ccnc1)NC(=O)c1cnc(SC)nc1.